The molecule has 5 nitrogen and oxygen atoms in total. The summed E-state index contributed by atoms with van der Waals surface area (Å²) in [6, 6.07) is 5.54. The number of nitrogens with zero attached hydrogens (tertiary/aromatic N) is 1. The second-order valence-electron chi connectivity index (χ2n) is 4.32. The lowest BCUT2D eigenvalue weighted by Crippen LogP contribution is -2.36. The van der Waals surface area contributed by atoms with Crippen molar-refractivity contribution in [3.8, 4) is 0 Å². The number of hydrogen-bond acceptors (Lipinski definition) is 5. The summed E-state index contributed by atoms with van der Waals surface area (Å²) in [5.41, 5.74) is 7.75. The predicted octanol–water partition coefficient (Wildman–Crippen LogP) is 1.92. The Bertz CT molecular complexity index is 435. The number of nitrogen functional groups attached to an aromatic ring is 1. The molecule has 1 aromatic carbocycles. The van der Waals surface area contributed by atoms with Gasteiger partial charge in [0.1, 0.15) is 0 Å². The fourth-order valence-corrected chi connectivity index (χ4v) is 2.14. The maximum atomic E-state index is 11.6. The number of nitrogens with two attached hydrogens (primary N) is 1. The highest BCUT2D eigenvalue weighted by molar-refractivity contribution is 5.98. The van der Waals surface area contributed by atoms with Crippen LogP contribution in [0.15, 0.2) is 18.2 Å². The van der Waals surface area contributed by atoms with E-state index in [0.717, 1.165) is 12.2 Å². The van der Waals surface area contributed by atoms with E-state index in [2.05, 4.69) is 11.8 Å². The van der Waals surface area contributed by atoms with Crippen molar-refractivity contribution in [1.82, 2.24) is 0 Å². The van der Waals surface area contributed by atoms with Gasteiger partial charge in [-0.05, 0) is 26.0 Å². The highest BCUT2D eigenvalue weighted by Crippen LogP contribution is 2.28. The van der Waals surface area contributed by atoms with Crippen LogP contribution in [0.2, 0.25) is 0 Å². The topological polar surface area (TPSA) is 64.8 Å². The number of benzene rings is 1. The molecule has 1 atom stereocenters. The summed E-state index contributed by atoms with van der Waals surface area (Å²) in [4.78, 5) is 13.8. The number of methoxy groups -OCH3 is 2. The van der Waals surface area contributed by atoms with Crippen LogP contribution in [0.1, 0.15) is 24.2 Å². The van der Waals surface area contributed by atoms with E-state index in [1.54, 1.807) is 19.2 Å². The Morgan fingerprint density at radius 1 is 1.42 bits per heavy atom. The van der Waals surface area contributed by atoms with Crippen molar-refractivity contribution in [2.45, 2.75) is 19.9 Å². The number of esters is 1. The zero-order valence-corrected chi connectivity index (χ0v) is 12.0. The molecular weight excluding hydrogens is 244 g/mol. The second kappa shape index (κ2) is 6.99. The molecule has 0 heterocycles. The number of carbonyl (C=O) groups excluding carboxylic acids is 1. The number of anilines is 2. The minimum atomic E-state index is -0.421. The molecule has 1 aromatic rings. The molecule has 5 heteroatoms. The van der Waals surface area contributed by atoms with Crippen LogP contribution in [-0.4, -0.2) is 39.4 Å². The van der Waals surface area contributed by atoms with Gasteiger partial charge in [-0.2, -0.15) is 0 Å². The lowest BCUT2D eigenvalue weighted by molar-refractivity contribution is 0.0602. The molecule has 0 aliphatic carbocycles. The predicted molar refractivity (Wildman–Crippen MR) is 76.6 cm³/mol. The molecule has 0 saturated carbocycles. The van der Waals surface area contributed by atoms with Crippen LogP contribution in [-0.2, 0) is 9.47 Å². The highest BCUT2D eigenvalue weighted by atomic mass is 16.5. The molecule has 0 saturated heterocycles. The van der Waals surface area contributed by atoms with Crippen molar-refractivity contribution in [2.75, 3.05) is 38.0 Å². The van der Waals surface area contributed by atoms with E-state index in [9.17, 15) is 4.79 Å². The third-order valence-corrected chi connectivity index (χ3v) is 3.08. The zero-order chi connectivity index (χ0) is 14.4. The van der Waals surface area contributed by atoms with E-state index in [1.807, 2.05) is 13.0 Å². The van der Waals surface area contributed by atoms with Crippen LogP contribution in [0.25, 0.3) is 0 Å². The molecular formula is C14H22N2O3. The minimum absolute atomic E-state index is 0.171. The molecule has 2 N–H and O–H groups in total. The Labute approximate surface area is 114 Å². The third kappa shape index (κ3) is 3.38. The highest BCUT2D eigenvalue weighted by Gasteiger charge is 2.19. The number of rotatable bonds is 6. The molecule has 0 bridgehead atoms. The monoisotopic (exact) mass is 266 g/mol. The van der Waals surface area contributed by atoms with Gasteiger partial charge in [0.25, 0.3) is 0 Å². The van der Waals surface area contributed by atoms with Crippen LogP contribution in [0.4, 0.5) is 11.4 Å². The summed E-state index contributed by atoms with van der Waals surface area (Å²) in [7, 11) is 3.01. The standard InChI is InChI=1S/C14H22N2O3/c1-5-16(10(2)9-18-3)12-8-6-7-11(13(12)15)14(17)19-4/h6-8,10H,5,9,15H2,1-4H3. The van der Waals surface area contributed by atoms with E-state index in [0.29, 0.717) is 17.9 Å². The number of carbonyl (C=O) groups is 1. The number of hydrogen-bond donors (Lipinski definition) is 1. The van der Waals surface area contributed by atoms with Gasteiger partial charge >= 0.3 is 5.97 Å². The average Bonchev–Trinajstić information content (AvgIpc) is 2.41. The van der Waals surface area contributed by atoms with E-state index in [4.69, 9.17) is 15.2 Å². The van der Waals surface area contributed by atoms with Crippen molar-refractivity contribution in [3.05, 3.63) is 23.8 Å². The van der Waals surface area contributed by atoms with Gasteiger partial charge in [-0.3, -0.25) is 0 Å². The van der Waals surface area contributed by atoms with E-state index in [1.165, 1.54) is 7.11 Å². The fourth-order valence-electron chi connectivity index (χ4n) is 2.14. The van der Waals surface area contributed by atoms with Crippen LogP contribution in [0, 0.1) is 0 Å². The fraction of sp³-hybridized carbons (Fsp3) is 0.500. The van der Waals surface area contributed by atoms with Gasteiger partial charge in [-0.15, -0.1) is 0 Å². The summed E-state index contributed by atoms with van der Waals surface area (Å²) in [5, 5.41) is 0. The normalized spacial score (nSPS) is 12.0. The molecule has 1 rings (SSSR count). The molecule has 106 valence electrons. The lowest BCUT2D eigenvalue weighted by Gasteiger charge is -2.31. The molecule has 0 radical (unpaired) electrons. The summed E-state index contributed by atoms with van der Waals surface area (Å²) >= 11 is 0. The van der Waals surface area contributed by atoms with Crippen molar-refractivity contribution in [1.29, 1.82) is 0 Å². The first kappa shape index (κ1) is 15.3. The van der Waals surface area contributed by atoms with Crippen molar-refractivity contribution >= 4 is 17.3 Å². The molecule has 0 amide bonds. The molecule has 0 aliphatic rings. The largest absolute Gasteiger partial charge is 0.465 e. The summed E-state index contributed by atoms with van der Waals surface area (Å²) in [5.74, 6) is -0.421. The summed E-state index contributed by atoms with van der Waals surface area (Å²) < 4.78 is 9.90. The van der Waals surface area contributed by atoms with Crippen molar-refractivity contribution in [2.24, 2.45) is 0 Å². The van der Waals surface area contributed by atoms with Crippen LogP contribution in [0.5, 0.6) is 0 Å². The maximum absolute atomic E-state index is 11.6. The summed E-state index contributed by atoms with van der Waals surface area (Å²) in [6.07, 6.45) is 0. The first-order chi connectivity index (χ1) is 9.06. The van der Waals surface area contributed by atoms with E-state index >= 15 is 0 Å². The van der Waals surface area contributed by atoms with Gasteiger partial charge in [-0.1, -0.05) is 6.07 Å². The molecule has 0 aliphatic heterocycles. The molecule has 0 fully saturated rings. The van der Waals surface area contributed by atoms with Gasteiger partial charge < -0.3 is 20.1 Å². The van der Waals surface area contributed by atoms with Gasteiger partial charge in [-0.25, -0.2) is 4.79 Å². The van der Waals surface area contributed by atoms with Gasteiger partial charge in [0.05, 0.1) is 30.7 Å². The minimum Gasteiger partial charge on any atom is -0.465 e. The Morgan fingerprint density at radius 2 is 2.11 bits per heavy atom. The van der Waals surface area contributed by atoms with Crippen molar-refractivity contribution < 1.29 is 14.3 Å². The summed E-state index contributed by atoms with van der Waals surface area (Å²) in [6.45, 7) is 5.46. The lowest BCUT2D eigenvalue weighted by atomic mass is 10.1. The quantitative estimate of drug-likeness (QED) is 0.629. The van der Waals surface area contributed by atoms with Crippen LogP contribution >= 0.6 is 0 Å². The van der Waals surface area contributed by atoms with Crippen LogP contribution < -0.4 is 10.6 Å². The number of para-hydroxylation sites is 1. The van der Waals surface area contributed by atoms with E-state index in [-0.39, 0.29) is 6.04 Å². The molecule has 1 unspecified atom stereocenters. The second-order valence-corrected chi connectivity index (χ2v) is 4.32. The Kier molecular flexibility index (Phi) is 5.63. The van der Waals surface area contributed by atoms with Crippen LogP contribution in [0.3, 0.4) is 0 Å². The van der Waals surface area contributed by atoms with Gasteiger partial charge in [0.2, 0.25) is 0 Å². The Balaban J connectivity index is 3.14. The number of ether oxygens (including phenoxy) is 2. The molecule has 19 heavy (non-hydrogen) atoms. The van der Waals surface area contributed by atoms with Gasteiger partial charge in [0.15, 0.2) is 0 Å². The van der Waals surface area contributed by atoms with Gasteiger partial charge in [0, 0.05) is 19.7 Å². The van der Waals surface area contributed by atoms with Crippen molar-refractivity contribution in [3.63, 3.8) is 0 Å². The zero-order valence-electron chi connectivity index (χ0n) is 12.0. The third-order valence-electron chi connectivity index (χ3n) is 3.08. The molecule has 0 aromatic heterocycles. The first-order valence-electron chi connectivity index (χ1n) is 6.29. The SMILES string of the molecule is CCN(c1cccc(C(=O)OC)c1N)C(C)COC. The average molecular weight is 266 g/mol. The molecule has 0 spiro atoms. The Morgan fingerprint density at radius 3 is 2.63 bits per heavy atom. The Hall–Kier alpha value is -1.75. The van der Waals surface area contributed by atoms with E-state index < -0.39 is 5.97 Å². The number of likely N-dealkylation sites (N-methyl/N-ethyl adjacent to an activating group) is 1. The first-order valence-corrected chi connectivity index (χ1v) is 6.29. The maximum Gasteiger partial charge on any atom is 0.340 e. The smallest absolute Gasteiger partial charge is 0.340 e.